The van der Waals surface area contributed by atoms with Crippen LogP contribution in [0.3, 0.4) is 0 Å². The van der Waals surface area contributed by atoms with Crippen molar-refractivity contribution in [2.45, 2.75) is 0 Å². The minimum atomic E-state index is -0.300. The van der Waals surface area contributed by atoms with Crippen LogP contribution < -0.4 is 10.6 Å². The molecule has 7 nitrogen and oxygen atoms in total. The third-order valence-corrected chi connectivity index (χ3v) is 3.84. The van der Waals surface area contributed by atoms with Crippen LogP contribution in [0.2, 0.25) is 0 Å². The van der Waals surface area contributed by atoms with E-state index in [9.17, 15) is 9.59 Å². The van der Waals surface area contributed by atoms with Gasteiger partial charge in [0.2, 0.25) is 5.91 Å². The lowest BCUT2D eigenvalue weighted by Crippen LogP contribution is -2.34. The number of nitrogens with one attached hydrogen (secondary N) is 3. The average molecular weight is 359 g/mol. The number of fused-ring (bicyclic) bond motifs is 1. The Kier molecular flexibility index (Phi) is 5.60. The summed E-state index contributed by atoms with van der Waals surface area (Å²) < 4.78 is 0. The second-order valence-electron chi connectivity index (χ2n) is 5.74. The van der Waals surface area contributed by atoms with Crippen molar-refractivity contribution in [1.29, 1.82) is 5.26 Å². The highest BCUT2D eigenvalue weighted by atomic mass is 16.2. The number of aromatic nitrogens is 2. The maximum atomic E-state index is 12.2. The average Bonchev–Trinajstić information content (AvgIpc) is 3.14. The van der Waals surface area contributed by atoms with Crippen LogP contribution in [0.1, 0.15) is 21.6 Å². The van der Waals surface area contributed by atoms with Crippen molar-refractivity contribution in [3.8, 4) is 6.07 Å². The standard InChI is InChI=1S/C20H17N5O2/c21-13-15-5-3-4-14(12-15)8-9-18(26)22-10-11-23-20(27)19-16-6-1-2-7-17(16)24-25-19/h1-9,12H,10-11H2,(H,22,26)(H,23,27)(H,24,25)/b9-8+. The van der Waals surface area contributed by atoms with E-state index in [1.807, 2.05) is 30.3 Å². The molecule has 3 N–H and O–H groups in total. The SMILES string of the molecule is N#Cc1cccc(/C=C/C(=O)NCCNC(=O)c2n[nH]c3ccccc23)c1. The highest BCUT2D eigenvalue weighted by Gasteiger charge is 2.12. The van der Waals surface area contributed by atoms with Crippen LogP contribution in [-0.4, -0.2) is 35.1 Å². The molecule has 3 rings (SSSR count). The van der Waals surface area contributed by atoms with Crippen molar-refractivity contribution in [3.63, 3.8) is 0 Å². The smallest absolute Gasteiger partial charge is 0.272 e. The molecule has 0 bridgehead atoms. The summed E-state index contributed by atoms with van der Waals surface area (Å²) in [5.74, 6) is -0.581. The second-order valence-corrected chi connectivity index (χ2v) is 5.74. The number of hydrogen-bond acceptors (Lipinski definition) is 4. The Hall–Kier alpha value is -3.92. The fraction of sp³-hybridized carbons (Fsp3) is 0.100. The molecule has 134 valence electrons. The second kappa shape index (κ2) is 8.45. The Morgan fingerprint density at radius 3 is 2.78 bits per heavy atom. The number of aromatic amines is 1. The monoisotopic (exact) mass is 359 g/mol. The lowest BCUT2D eigenvalue weighted by atomic mass is 10.1. The molecule has 0 saturated carbocycles. The van der Waals surface area contributed by atoms with E-state index in [0.717, 1.165) is 16.5 Å². The summed E-state index contributed by atoms with van der Waals surface area (Å²) in [6, 6.07) is 16.4. The molecule has 0 saturated heterocycles. The van der Waals surface area contributed by atoms with Crippen LogP contribution in [0.4, 0.5) is 0 Å². The predicted molar refractivity (Wildman–Crippen MR) is 102 cm³/mol. The Labute approximate surface area is 155 Å². The number of H-pyrrole nitrogens is 1. The number of amides is 2. The first-order valence-corrected chi connectivity index (χ1v) is 8.35. The van der Waals surface area contributed by atoms with Crippen molar-refractivity contribution >= 4 is 28.8 Å². The molecule has 2 aromatic carbocycles. The molecule has 0 aliphatic carbocycles. The Balaban J connectivity index is 1.45. The molecule has 0 fully saturated rings. The van der Waals surface area contributed by atoms with Crippen LogP contribution in [0, 0.1) is 11.3 Å². The molecule has 0 unspecified atom stereocenters. The number of hydrogen-bond donors (Lipinski definition) is 3. The molecule has 27 heavy (non-hydrogen) atoms. The minimum absolute atomic E-state index is 0.281. The van der Waals surface area contributed by atoms with Gasteiger partial charge < -0.3 is 10.6 Å². The molecule has 7 heteroatoms. The van der Waals surface area contributed by atoms with Gasteiger partial charge in [-0.1, -0.05) is 30.3 Å². The van der Waals surface area contributed by atoms with Gasteiger partial charge in [0.15, 0.2) is 5.69 Å². The van der Waals surface area contributed by atoms with Crippen molar-refractivity contribution in [1.82, 2.24) is 20.8 Å². The summed E-state index contributed by atoms with van der Waals surface area (Å²) in [6.07, 6.45) is 3.02. The maximum absolute atomic E-state index is 12.2. The third kappa shape index (κ3) is 4.58. The molecule has 0 atom stereocenters. The van der Waals surface area contributed by atoms with E-state index in [-0.39, 0.29) is 24.9 Å². The summed E-state index contributed by atoms with van der Waals surface area (Å²) in [6.45, 7) is 0.568. The summed E-state index contributed by atoms with van der Waals surface area (Å²) in [7, 11) is 0. The van der Waals surface area contributed by atoms with E-state index < -0.39 is 0 Å². The van der Waals surface area contributed by atoms with Crippen molar-refractivity contribution in [2.75, 3.05) is 13.1 Å². The molecular formula is C20H17N5O2. The number of carbonyl (C=O) groups excluding carboxylic acids is 2. The van der Waals surface area contributed by atoms with E-state index in [1.165, 1.54) is 6.08 Å². The molecule has 0 aliphatic heterocycles. The normalized spacial score (nSPS) is 10.6. The quantitative estimate of drug-likeness (QED) is 0.462. The molecule has 2 amide bonds. The Morgan fingerprint density at radius 1 is 1.11 bits per heavy atom. The highest BCUT2D eigenvalue weighted by Crippen LogP contribution is 2.14. The van der Waals surface area contributed by atoms with E-state index in [2.05, 4.69) is 20.8 Å². The van der Waals surface area contributed by atoms with Crippen molar-refractivity contribution in [3.05, 3.63) is 71.4 Å². The predicted octanol–water partition coefficient (Wildman–Crippen LogP) is 1.99. The molecule has 0 spiro atoms. The number of nitriles is 1. The van der Waals surface area contributed by atoms with Crippen LogP contribution in [-0.2, 0) is 4.79 Å². The van der Waals surface area contributed by atoms with Gasteiger partial charge in [0.1, 0.15) is 0 Å². The summed E-state index contributed by atoms with van der Waals surface area (Å²) in [4.78, 5) is 24.0. The lowest BCUT2D eigenvalue weighted by molar-refractivity contribution is -0.116. The molecule has 0 radical (unpaired) electrons. The lowest BCUT2D eigenvalue weighted by Gasteiger charge is -2.04. The zero-order chi connectivity index (χ0) is 19.1. The van der Waals surface area contributed by atoms with Gasteiger partial charge in [0, 0.05) is 24.6 Å². The molecule has 3 aromatic rings. The van der Waals surface area contributed by atoms with Gasteiger partial charge in [-0.05, 0) is 29.8 Å². The summed E-state index contributed by atoms with van der Waals surface area (Å²) in [5.41, 5.74) is 2.42. The largest absolute Gasteiger partial charge is 0.351 e. The van der Waals surface area contributed by atoms with Crippen molar-refractivity contribution in [2.24, 2.45) is 0 Å². The number of nitrogens with zero attached hydrogens (tertiary/aromatic N) is 2. The van der Waals surface area contributed by atoms with E-state index in [0.29, 0.717) is 11.3 Å². The van der Waals surface area contributed by atoms with E-state index in [4.69, 9.17) is 5.26 Å². The van der Waals surface area contributed by atoms with Gasteiger partial charge in [-0.2, -0.15) is 10.4 Å². The minimum Gasteiger partial charge on any atom is -0.351 e. The molecule has 1 heterocycles. The fourth-order valence-corrected chi connectivity index (χ4v) is 2.52. The van der Waals surface area contributed by atoms with Crippen LogP contribution in [0.5, 0.6) is 0 Å². The van der Waals surface area contributed by atoms with Gasteiger partial charge in [0.25, 0.3) is 5.91 Å². The first kappa shape index (κ1) is 17.9. The number of carbonyl (C=O) groups is 2. The van der Waals surface area contributed by atoms with Crippen LogP contribution in [0.15, 0.2) is 54.6 Å². The number of para-hydroxylation sites is 1. The van der Waals surface area contributed by atoms with Gasteiger partial charge in [0.05, 0.1) is 17.1 Å². The van der Waals surface area contributed by atoms with Crippen LogP contribution in [0.25, 0.3) is 17.0 Å². The topological polar surface area (TPSA) is 111 Å². The molecule has 0 aliphatic rings. The molecular weight excluding hydrogens is 342 g/mol. The maximum Gasteiger partial charge on any atom is 0.272 e. The first-order valence-electron chi connectivity index (χ1n) is 8.35. The summed E-state index contributed by atoms with van der Waals surface area (Å²) in [5, 5.41) is 21.9. The van der Waals surface area contributed by atoms with Gasteiger partial charge in [-0.3, -0.25) is 14.7 Å². The Bertz CT molecular complexity index is 1050. The molecule has 1 aromatic heterocycles. The number of rotatable bonds is 6. The van der Waals surface area contributed by atoms with E-state index in [1.54, 1.807) is 30.3 Å². The zero-order valence-corrected chi connectivity index (χ0v) is 14.4. The van der Waals surface area contributed by atoms with Gasteiger partial charge in [-0.15, -0.1) is 0 Å². The summed E-state index contributed by atoms with van der Waals surface area (Å²) >= 11 is 0. The first-order chi connectivity index (χ1) is 13.2. The van der Waals surface area contributed by atoms with Crippen LogP contribution >= 0.6 is 0 Å². The van der Waals surface area contributed by atoms with Gasteiger partial charge in [-0.25, -0.2) is 0 Å². The zero-order valence-electron chi connectivity index (χ0n) is 14.4. The van der Waals surface area contributed by atoms with Gasteiger partial charge >= 0.3 is 0 Å². The third-order valence-electron chi connectivity index (χ3n) is 3.84. The van der Waals surface area contributed by atoms with E-state index >= 15 is 0 Å². The van der Waals surface area contributed by atoms with Crippen molar-refractivity contribution < 1.29 is 9.59 Å². The Morgan fingerprint density at radius 2 is 1.93 bits per heavy atom. The number of benzene rings is 2. The highest BCUT2D eigenvalue weighted by molar-refractivity contribution is 6.04. The fourth-order valence-electron chi connectivity index (χ4n) is 2.52.